The predicted molar refractivity (Wildman–Crippen MR) is 105 cm³/mol. The molecule has 1 saturated heterocycles. The Hall–Kier alpha value is -2.39. The molecule has 2 bridgehead atoms. The second-order valence-corrected chi connectivity index (χ2v) is 7.68. The van der Waals surface area contributed by atoms with E-state index in [1.807, 2.05) is 12.1 Å². The van der Waals surface area contributed by atoms with Crippen molar-refractivity contribution in [1.29, 1.82) is 0 Å². The fourth-order valence-corrected chi connectivity index (χ4v) is 4.88. The average molecular weight is 346 g/mol. The Morgan fingerprint density at radius 3 is 2.65 bits per heavy atom. The van der Waals surface area contributed by atoms with Gasteiger partial charge in [0.05, 0.1) is 5.52 Å². The van der Waals surface area contributed by atoms with Crippen molar-refractivity contribution in [3.8, 4) is 0 Å². The first kappa shape index (κ1) is 15.8. The first-order valence-corrected chi connectivity index (χ1v) is 9.41. The summed E-state index contributed by atoms with van der Waals surface area (Å²) >= 11 is 0. The highest BCUT2D eigenvalue weighted by Gasteiger charge is 2.40. The summed E-state index contributed by atoms with van der Waals surface area (Å²) in [5.41, 5.74) is 6.46. The summed E-state index contributed by atoms with van der Waals surface area (Å²) in [5, 5.41) is 1.38. The van der Waals surface area contributed by atoms with Gasteiger partial charge in [-0.1, -0.05) is 30.3 Å². The summed E-state index contributed by atoms with van der Waals surface area (Å²) in [6.45, 7) is 2.11. The van der Waals surface area contributed by atoms with E-state index in [1.54, 1.807) is 0 Å². The van der Waals surface area contributed by atoms with Gasteiger partial charge >= 0.3 is 0 Å². The molecule has 2 aliphatic rings. The molecule has 2 aliphatic heterocycles. The van der Waals surface area contributed by atoms with E-state index in [9.17, 15) is 4.39 Å². The van der Waals surface area contributed by atoms with Crippen molar-refractivity contribution in [3.63, 3.8) is 0 Å². The molecular formula is C23H23FN2. The normalized spacial score (nSPS) is 22.8. The Kier molecular flexibility index (Phi) is 3.54. The summed E-state index contributed by atoms with van der Waals surface area (Å²) in [6.07, 6.45) is 5.87. The lowest BCUT2D eigenvalue weighted by atomic mass is 9.97. The van der Waals surface area contributed by atoms with Gasteiger partial charge in [0.1, 0.15) is 5.82 Å². The predicted octanol–water partition coefficient (Wildman–Crippen LogP) is 5.49. The van der Waals surface area contributed by atoms with E-state index >= 15 is 0 Å². The molecule has 0 spiro atoms. The maximum Gasteiger partial charge on any atom is 0.123 e. The molecule has 0 amide bonds. The molecule has 0 unspecified atom stereocenters. The van der Waals surface area contributed by atoms with Crippen molar-refractivity contribution >= 4 is 22.7 Å². The van der Waals surface area contributed by atoms with Crippen LogP contribution >= 0.6 is 0 Å². The average Bonchev–Trinajstić information content (AvgIpc) is 3.07. The highest BCUT2D eigenvalue weighted by molar-refractivity contribution is 5.90. The molecule has 0 aliphatic carbocycles. The van der Waals surface area contributed by atoms with E-state index in [0.29, 0.717) is 12.1 Å². The Morgan fingerprint density at radius 1 is 1.08 bits per heavy atom. The summed E-state index contributed by atoms with van der Waals surface area (Å²) in [5.74, 6) is -0.190. The first-order chi connectivity index (χ1) is 12.6. The molecule has 1 fully saturated rings. The molecule has 2 atom stereocenters. The molecule has 3 heteroatoms. The van der Waals surface area contributed by atoms with Crippen molar-refractivity contribution in [2.75, 3.05) is 7.05 Å². The number of rotatable bonds is 2. The Bertz CT molecular complexity index is 1010. The number of nitrogens with zero attached hydrogens (tertiary/aromatic N) is 2. The largest absolute Gasteiger partial charge is 0.320 e. The minimum Gasteiger partial charge on any atom is -0.320 e. The molecule has 3 aromatic rings. The number of halogens is 1. The SMILES string of the molecule is C/C(=C/n1c2c(c3ccccc31)[C@@H]1CC[C@H](C2)N1C)c1ccc(F)cc1. The van der Waals surface area contributed by atoms with Crippen molar-refractivity contribution in [2.45, 2.75) is 38.3 Å². The van der Waals surface area contributed by atoms with Gasteiger partial charge in [-0.05, 0) is 61.7 Å². The Balaban J connectivity index is 1.71. The number of fused-ring (bicyclic) bond motifs is 6. The van der Waals surface area contributed by atoms with Crippen LogP contribution in [0.15, 0.2) is 48.5 Å². The van der Waals surface area contributed by atoms with Gasteiger partial charge < -0.3 is 4.57 Å². The van der Waals surface area contributed by atoms with Crippen LogP contribution in [0, 0.1) is 5.82 Å². The fourth-order valence-electron chi connectivity index (χ4n) is 4.88. The van der Waals surface area contributed by atoms with Crippen LogP contribution in [0.5, 0.6) is 0 Å². The van der Waals surface area contributed by atoms with E-state index in [1.165, 1.54) is 47.1 Å². The monoisotopic (exact) mass is 346 g/mol. The van der Waals surface area contributed by atoms with Crippen LogP contribution in [-0.2, 0) is 6.42 Å². The van der Waals surface area contributed by atoms with Crippen LogP contribution in [0.4, 0.5) is 4.39 Å². The Morgan fingerprint density at radius 2 is 1.85 bits per heavy atom. The van der Waals surface area contributed by atoms with E-state index in [0.717, 1.165) is 17.6 Å². The molecule has 1 aromatic heterocycles. The van der Waals surface area contributed by atoms with Crippen molar-refractivity contribution in [2.24, 2.45) is 0 Å². The van der Waals surface area contributed by atoms with Gasteiger partial charge in [-0.25, -0.2) is 4.39 Å². The molecule has 0 saturated carbocycles. The highest BCUT2D eigenvalue weighted by atomic mass is 19.1. The highest BCUT2D eigenvalue weighted by Crippen LogP contribution is 2.47. The van der Waals surface area contributed by atoms with Crippen molar-refractivity contribution in [1.82, 2.24) is 9.47 Å². The van der Waals surface area contributed by atoms with Crippen LogP contribution in [0.3, 0.4) is 0 Å². The van der Waals surface area contributed by atoms with Gasteiger partial charge in [-0.15, -0.1) is 0 Å². The second kappa shape index (κ2) is 5.82. The number of hydrogen-bond acceptors (Lipinski definition) is 1. The summed E-state index contributed by atoms with van der Waals surface area (Å²) in [4.78, 5) is 2.57. The third-order valence-electron chi connectivity index (χ3n) is 6.28. The molecule has 26 heavy (non-hydrogen) atoms. The van der Waals surface area contributed by atoms with E-state index in [4.69, 9.17) is 0 Å². The van der Waals surface area contributed by atoms with E-state index in [-0.39, 0.29) is 5.82 Å². The quantitative estimate of drug-likeness (QED) is 0.596. The summed E-state index contributed by atoms with van der Waals surface area (Å²) in [7, 11) is 2.27. The zero-order valence-electron chi connectivity index (χ0n) is 15.2. The second-order valence-electron chi connectivity index (χ2n) is 7.68. The Labute approximate surface area is 153 Å². The molecular weight excluding hydrogens is 323 g/mol. The topological polar surface area (TPSA) is 8.17 Å². The number of para-hydroxylation sites is 1. The smallest absolute Gasteiger partial charge is 0.123 e. The van der Waals surface area contributed by atoms with Crippen molar-refractivity contribution < 1.29 is 4.39 Å². The lowest BCUT2D eigenvalue weighted by molar-refractivity contribution is 0.223. The number of likely N-dealkylation sites (N-methyl/N-ethyl adjacent to an activating group) is 1. The lowest BCUT2D eigenvalue weighted by Crippen LogP contribution is -2.34. The van der Waals surface area contributed by atoms with Crippen LogP contribution in [-0.4, -0.2) is 22.6 Å². The number of aromatic nitrogens is 1. The zero-order valence-corrected chi connectivity index (χ0v) is 15.2. The van der Waals surface area contributed by atoms with Crippen LogP contribution in [0.1, 0.15) is 42.6 Å². The van der Waals surface area contributed by atoms with E-state index < -0.39 is 0 Å². The van der Waals surface area contributed by atoms with Gasteiger partial charge in [0.15, 0.2) is 0 Å². The van der Waals surface area contributed by atoms with Crippen LogP contribution in [0.25, 0.3) is 22.7 Å². The summed E-state index contributed by atoms with van der Waals surface area (Å²) in [6, 6.07) is 16.7. The minimum absolute atomic E-state index is 0.190. The molecule has 2 aromatic carbocycles. The standard InChI is InChI=1S/C23H23FN2/c1-15(16-7-9-17(24)10-8-16)14-26-20-6-4-3-5-19(20)23-21-12-11-18(25(21)2)13-22(23)26/h3-10,14,18,21H,11-13H2,1-2H3/b15-14-/t18-,21+/m1/s1. The molecule has 2 nitrogen and oxygen atoms in total. The van der Waals surface area contributed by atoms with Crippen LogP contribution < -0.4 is 0 Å². The molecule has 0 radical (unpaired) electrons. The van der Waals surface area contributed by atoms with Gasteiger partial charge in [0.25, 0.3) is 0 Å². The molecule has 132 valence electrons. The number of allylic oxidation sites excluding steroid dienone is 1. The zero-order chi connectivity index (χ0) is 17.8. The number of benzene rings is 2. The van der Waals surface area contributed by atoms with E-state index in [2.05, 4.69) is 53.9 Å². The summed E-state index contributed by atoms with van der Waals surface area (Å²) < 4.78 is 15.7. The maximum atomic E-state index is 13.3. The van der Waals surface area contributed by atoms with Crippen molar-refractivity contribution in [3.05, 3.63) is 71.2 Å². The van der Waals surface area contributed by atoms with Gasteiger partial charge in [-0.3, -0.25) is 4.90 Å². The van der Waals surface area contributed by atoms with Gasteiger partial charge in [-0.2, -0.15) is 0 Å². The molecule has 0 N–H and O–H groups in total. The third kappa shape index (κ3) is 2.27. The van der Waals surface area contributed by atoms with Crippen LogP contribution in [0.2, 0.25) is 0 Å². The minimum atomic E-state index is -0.190. The lowest BCUT2D eigenvalue weighted by Gasteiger charge is -2.32. The number of hydrogen-bond donors (Lipinski definition) is 0. The molecule has 5 rings (SSSR count). The maximum absolute atomic E-state index is 13.3. The first-order valence-electron chi connectivity index (χ1n) is 9.41. The van der Waals surface area contributed by atoms with Gasteiger partial charge in [0, 0.05) is 35.8 Å². The fraction of sp³-hybridized carbons (Fsp3) is 0.304. The molecule has 3 heterocycles. The van der Waals surface area contributed by atoms with Gasteiger partial charge in [0.2, 0.25) is 0 Å². The third-order valence-corrected chi connectivity index (χ3v) is 6.28.